The zero-order valence-corrected chi connectivity index (χ0v) is 12.9. The first kappa shape index (κ1) is 16.0. The van der Waals surface area contributed by atoms with Gasteiger partial charge in [0.2, 0.25) is 11.8 Å². The van der Waals surface area contributed by atoms with Crippen molar-refractivity contribution in [1.29, 1.82) is 0 Å². The van der Waals surface area contributed by atoms with Crippen LogP contribution in [0.3, 0.4) is 0 Å². The molecular weight excluding hydrogens is 240 g/mol. The predicted octanol–water partition coefficient (Wildman–Crippen LogP) is 2.33. The topological polar surface area (TPSA) is 49.4 Å². The fourth-order valence-corrected chi connectivity index (χ4v) is 2.83. The highest BCUT2D eigenvalue weighted by molar-refractivity contribution is 5.97. The van der Waals surface area contributed by atoms with Gasteiger partial charge < -0.3 is 10.2 Å². The quantitative estimate of drug-likeness (QED) is 0.803. The van der Waals surface area contributed by atoms with Crippen molar-refractivity contribution >= 4 is 11.8 Å². The van der Waals surface area contributed by atoms with Crippen molar-refractivity contribution in [2.75, 3.05) is 0 Å². The van der Waals surface area contributed by atoms with Crippen LogP contribution in [0.2, 0.25) is 0 Å². The molecule has 1 aliphatic rings. The Kier molecular flexibility index (Phi) is 5.83. The van der Waals surface area contributed by atoms with E-state index in [1.807, 2.05) is 18.7 Å². The number of hydrogen-bond donors (Lipinski definition) is 1. The normalized spacial score (nSPS) is 25.7. The van der Waals surface area contributed by atoms with Gasteiger partial charge in [-0.05, 0) is 25.7 Å². The van der Waals surface area contributed by atoms with Gasteiger partial charge in [-0.25, -0.2) is 0 Å². The molecule has 1 N–H and O–H groups in total. The third kappa shape index (κ3) is 3.48. The van der Waals surface area contributed by atoms with E-state index in [0.717, 1.165) is 25.7 Å². The number of nitrogens with zero attached hydrogens (tertiary/aromatic N) is 1. The molecule has 3 unspecified atom stereocenters. The Morgan fingerprint density at radius 3 is 2.26 bits per heavy atom. The molecule has 0 aromatic carbocycles. The number of amides is 2. The van der Waals surface area contributed by atoms with Gasteiger partial charge in [-0.3, -0.25) is 9.59 Å². The molecule has 0 bridgehead atoms. The Labute approximate surface area is 116 Å². The molecular formula is C15H28N2O2. The van der Waals surface area contributed by atoms with Gasteiger partial charge in [0, 0.05) is 6.04 Å². The molecule has 2 amide bonds. The van der Waals surface area contributed by atoms with Crippen molar-refractivity contribution in [3.05, 3.63) is 0 Å². The summed E-state index contributed by atoms with van der Waals surface area (Å²) in [7, 11) is 0. The monoisotopic (exact) mass is 268 g/mol. The molecule has 0 saturated carbocycles. The molecule has 0 aliphatic carbocycles. The van der Waals surface area contributed by atoms with Crippen LogP contribution in [0.25, 0.3) is 0 Å². The second kappa shape index (κ2) is 6.92. The number of nitrogens with one attached hydrogen (secondary N) is 1. The number of hydrogen-bond acceptors (Lipinski definition) is 2. The van der Waals surface area contributed by atoms with Gasteiger partial charge in [-0.1, -0.05) is 40.5 Å². The first-order valence-electron chi connectivity index (χ1n) is 7.56. The maximum absolute atomic E-state index is 12.6. The van der Waals surface area contributed by atoms with Crippen LogP contribution in [0, 0.1) is 5.92 Å². The van der Waals surface area contributed by atoms with E-state index in [9.17, 15) is 9.59 Å². The van der Waals surface area contributed by atoms with Crippen LogP contribution in [-0.4, -0.2) is 34.8 Å². The second-order valence-electron chi connectivity index (χ2n) is 5.92. The van der Waals surface area contributed by atoms with Gasteiger partial charge in [0.1, 0.15) is 12.1 Å². The van der Waals surface area contributed by atoms with E-state index in [2.05, 4.69) is 26.1 Å². The molecule has 0 radical (unpaired) electrons. The first-order chi connectivity index (χ1) is 8.93. The first-order valence-corrected chi connectivity index (χ1v) is 7.56. The summed E-state index contributed by atoms with van der Waals surface area (Å²) in [6.07, 6.45) is 3.63. The summed E-state index contributed by atoms with van der Waals surface area (Å²) in [6.45, 7) is 10.2. The molecule has 0 spiro atoms. The van der Waals surface area contributed by atoms with E-state index in [1.165, 1.54) is 0 Å². The van der Waals surface area contributed by atoms with E-state index < -0.39 is 0 Å². The van der Waals surface area contributed by atoms with Crippen molar-refractivity contribution in [3.8, 4) is 0 Å². The highest BCUT2D eigenvalue weighted by Crippen LogP contribution is 2.22. The summed E-state index contributed by atoms with van der Waals surface area (Å²) >= 11 is 0. The zero-order valence-electron chi connectivity index (χ0n) is 12.9. The standard InChI is InChI=1S/C15H28N2O2/c1-6-8-11(5)17-12(9-7-2)14(18)16-13(10(3)4)15(17)19/h10-13H,6-9H2,1-5H3,(H,16,18). The Hall–Kier alpha value is -1.06. The molecule has 1 aliphatic heterocycles. The minimum Gasteiger partial charge on any atom is -0.342 e. The van der Waals surface area contributed by atoms with E-state index in [-0.39, 0.29) is 35.9 Å². The minimum absolute atomic E-state index is 0.0168. The highest BCUT2D eigenvalue weighted by atomic mass is 16.2. The van der Waals surface area contributed by atoms with E-state index in [0.29, 0.717) is 0 Å². The largest absolute Gasteiger partial charge is 0.342 e. The van der Waals surface area contributed by atoms with Crippen molar-refractivity contribution in [3.63, 3.8) is 0 Å². The Morgan fingerprint density at radius 2 is 1.79 bits per heavy atom. The van der Waals surface area contributed by atoms with Crippen molar-refractivity contribution in [2.45, 2.75) is 78.4 Å². The second-order valence-corrected chi connectivity index (χ2v) is 5.92. The molecule has 4 heteroatoms. The van der Waals surface area contributed by atoms with Crippen LogP contribution in [-0.2, 0) is 9.59 Å². The average Bonchev–Trinajstić information content (AvgIpc) is 2.33. The lowest BCUT2D eigenvalue weighted by atomic mass is 9.94. The summed E-state index contributed by atoms with van der Waals surface area (Å²) in [4.78, 5) is 26.7. The number of rotatable bonds is 6. The number of carbonyl (C=O) groups is 2. The predicted molar refractivity (Wildman–Crippen MR) is 76.7 cm³/mol. The number of piperazine rings is 1. The van der Waals surface area contributed by atoms with Crippen LogP contribution >= 0.6 is 0 Å². The Bertz CT molecular complexity index is 328. The van der Waals surface area contributed by atoms with Crippen LogP contribution in [0.5, 0.6) is 0 Å². The maximum atomic E-state index is 12.6. The lowest BCUT2D eigenvalue weighted by Crippen LogP contribution is -2.66. The Balaban J connectivity index is 2.99. The third-order valence-electron chi connectivity index (χ3n) is 3.87. The van der Waals surface area contributed by atoms with Crippen molar-refractivity contribution in [1.82, 2.24) is 10.2 Å². The van der Waals surface area contributed by atoms with Crippen LogP contribution in [0.15, 0.2) is 0 Å². The third-order valence-corrected chi connectivity index (χ3v) is 3.87. The molecule has 4 nitrogen and oxygen atoms in total. The van der Waals surface area contributed by atoms with Crippen molar-refractivity contribution in [2.24, 2.45) is 5.92 Å². The summed E-state index contributed by atoms with van der Waals surface area (Å²) in [5.74, 6) is 0.243. The van der Waals surface area contributed by atoms with Gasteiger partial charge in [0.25, 0.3) is 0 Å². The molecule has 1 rings (SSSR count). The lowest BCUT2D eigenvalue weighted by Gasteiger charge is -2.43. The summed E-state index contributed by atoms with van der Waals surface area (Å²) in [5, 5.41) is 2.90. The molecule has 1 heterocycles. The molecule has 0 aromatic rings. The van der Waals surface area contributed by atoms with Gasteiger partial charge in [0.05, 0.1) is 0 Å². The van der Waals surface area contributed by atoms with E-state index >= 15 is 0 Å². The zero-order chi connectivity index (χ0) is 14.6. The lowest BCUT2D eigenvalue weighted by molar-refractivity contribution is -0.153. The molecule has 1 saturated heterocycles. The van der Waals surface area contributed by atoms with Crippen LogP contribution in [0.1, 0.15) is 60.3 Å². The molecule has 3 atom stereocenters. The molecule has 1 fully saturated rings. The van der Waals surface area contributed by atoms with Gasteiger partial charge in [-0.2, -0.15) is 0 Å². The molecule has 19 heavy (non-hydrogen) atoms. The maximum Gasteiger partial charge on any atom is 0.246 e. The fraction of sp³-hybridized carbons (Fsp3) is 0.867. The molecule has 110 valence electrons. The van der Waals surface area contributed by atoms with E-state index in [1.54, 1.807) is 0 Å². The Morgan fingerprint density at radius 1 is 1.16 bits per heavy atom. The van der Waals surface area contributed by atoms with E-state index in [4.69, 9.17) is 0 Å². The van der Waals surface area contributed by atoms with Crippen molar-refractivity contribution < 1.29 is 9.59 Å². The highest BCUT2D eigenvalue weighted by Gasteiger charge is 2.42. The van der Waals surface area contributed by atoms with Gasteiger partial charge in [0.15, 0.2) is 0 Å². The minimum atomic E-state index is -0.361. The number of carbonyl (C=O) groups excluding carboxylic acids is 2. The van der Waals surface area contributed by atoms with Crippen LogP contribution < -0.4 is 5.32 Å². The average molecular weight is 268 g/mol. The summed E-state index contributed by atoms with van der Waals surface area (Å²) in [5.41, 5.74) is 0. The fourth-order valence-electron chi connectivity index (χ4n) is 2.83. The SMILES string of the molecule is CCCC(C)N1C(=O)C(C(C)C)NC(=O)C1CCC. The van der Waals surface area contributed by atoms with Crippen LogP contribution in [0.4, 0.5) is 0 Å². The van der Waals surface area contributed by atoms with Gasteiger partial charge in [-0.15, -0.1) is 0 Å². The summed E-state index contributed by atoms with van der Waals surface area (Å²) < 4.78 is 0. The van der Waals surface area contributed by atoms with Gasteiger partial charge >= 0.3 is 0 Å². The smallest absolute Gasteiger partial charge is 0.246 e. The molecule has 0 aromatic heterocycles. The summed E-state index contributed by atoms with van der Waals surface area (Å²) in [6, 6.07) is -0.504.